The standard InChI is InChI=1S/C22H30N8O/c1-3-29-13-18(16(2)26-29)12-27-7-8-30-21(15-27)24-25-22(30)20-9-19(31)14-28(20)11-17-5-4-6-23-10-17/h4-6,10,13,19-20,31H,3,7-9,11-12,14-15H2,1-2H3/t19-,20+/m1/s1. The second kappa shape index (κ2) is 8.49. The van der Waals surface area contributed by atoms with Crippen LogP contribution < -0.4 is 0 Å². The predicted octanol–water partition coefficient (Wildman–Crippen LogP) is 1.52. The summed E-state index contributed by atoms with van der Waals surface area (Å²) in [5.41, 5.74) is 3.52. The van der Waals surface area contributed by atoms with E-state index >= 15 is 0 Å². The van der Waals surface area contributed by atoms with Gasteiger partial charge < -0.3 is 9.67 Å². The third-order valence-corrected chi connectivity index (χ3v) is 6.41. The van der Waals surface area contributed by atoms with E-state index in [9.17, 15) is 5.11 Å². The highest BCUT2D eigenvalue weighted by molar-refractivity contribution is 5.16. The molecule has 1 N–H and O–H groups in total. The van der Waals surface area contributed by atoms with E-state index in [0.29, 0.717) is 13.0 Å². The molecule has 2 aliphatic heterocycles. The maximum atomic E-state index is 10.4. The number of β-amino-alcohol motifs (C(OH)–C–C–N with tert-alkyl or cyclic N) is 1. The minimum absolute atomic E-state index is 0.0769. The van der Waals surface area contributed by atoms with Gasteiger partial charge in [0.15, 0.2) is 5.82 Å². The smallest absolute Gasteiger partial charge is 0.150 e. The average Bonchev–Trinajstić information content (AvgIpc) is 3.45. The fraction of sp³-hybridized carbons (Fsp3) is 0.545. The van der Waals surface area contributed by atoms with E-state index in [0.717, 1.165) is 62.2 Å². The number of aromatic nitrogens is 6. The number of rotatable bonds is 6. The Morgan fingerprint density at radius 3 is 2.87 bits per heavy atom. The molecule has 0 aromatic carbocycles. The molecular formula is C22H30N8O. The third-order valence-electron chi connectivity index (χ3n) is 6.41. The van der Waals surface area contributed by atoms with Gasteiger partial charge in [0.1, 0.15) is 5.82 Å². The fourth-order valence-corrected chi connectivity index (χ4v) is 4.78. The first-order chi connectivity index (χ1) is 15.1. The molecule has 0 radical (unpaired) electrons. The van der Waals surface area contributed by atoms with Gasteiger partial charge in [-0.1, -0.05) is 6.07 Å². The Labute approximate surface area is 182 Å². The Morgan fingerprint density at radius 2 is 2.10 bits per heavy atom. The molecule has 1 saturated heterocycles. The van der Waals surface area contributed by atoms with Crippen LogP contribution in [0.15, 0.2) is 30.7 Å². The lowest BCUT2D eigenvalue weighted by molar-refractivity contribution is 0.171. The zero-order valence-electron chi connectivity index (χ0n) is 18.2. The number of hydrogen-bond acceptors (Lipinski definition) is 7. The number of aliphatic hydroxyl groups excluding tert-OH is 1. The Bertz CT molecular complexity index is 1030. The summed E-state index contributed by atoms with van der Waals surface area (Å²) in [7, 11) is 0. The first-order valence-corrected chi connectivity index (χ1v) is 11.1. The number of fused-ring (bicyclic) bond motifs is 1. The van der Waals surface area contributed by atoms with Gasteiger partial charge in [-0.15, -0.1) is 10.2 Å². The van der Waals surface area contributed by atoms with Crippen molar-refractivity contribution in [1.82, 2.24) is 39.3 Å². The van der Waals surface area contributed by atoms with E-state index in [2.05, 4.69) is 60.8 Å². The van der Waals surface area contributed by atoms with Gasteiger partial charge in [-0.2, -0.15) is 5.10 Å². The number of aryl methyl sites for hydroxylation is 2. The van der Waals surface area contributed by atoms with Crippen LogP contribution in [0.5, 0.6) is 0 Å². The van der Waals surface area contributed by atoms with Gasteiger partial charge in [0.25, 0.3) is 0 Å². The Morgan fingerprint density at radius 1 is 1.19 bits per heavy atom. The van der Waals surface area contributed by atoms with Gasteiger partial charge in [-0.25, -0.2) is 0 Å². The largest absolute Gasteiger partial charge is 0.392 e. The second-order valence-electron chi connectivity index (χ2n) is 8.63. The van der Waals surface area contributed by atoms with Crippen LogP contribution in [0.4, 0.5) is 0 Å². The molecule has 0 spiro atoms. The zero-order valence-corrected chi connectivity index (χ0v) is 18.2. The SMILES string of the molecule is CCn1cc(CN2CCn3c(nnc3[C@@H]3C[C@@H](O)CN3Cc3cccnc3)C2)c(C)n1. The minimum Gasteiger partial charge on any atom is -0.392 e. The van der Waals surface area contributed by atoms with Crippen molar-refractivity contribution in [3.05, 3.63) is 59.2 Å². The van der Waals surface area contributed by atoms with Gasteiger partial charge in [-0.05, 0) is 31.9 Å². The Balaban J connectivity index is 1.31. The summed E-state index contributed by atoms with van der Waals surface area (Å²) in [6, 6.07) is 4.11. The summed E-state index contributed by atoms with van der Waals surface area (Å²) in [5.74, 6) is 1.98. The highest BCUT2D eigenvalue weighted by Crippen LogP contribution is 2.33. The fourth-order valence-electron chi connectivity index (χ4n) is 4.78. The molecule has 5 heterocycles. The van der Waals surface area contributed by atoms with Crippen LogP contribution in [0.3, 0.4) is 0 Å². The zero-order chi connectivity index (χ0) is 21.4. The molecule has 0 amide bonds. The number of hydrogen-bond donors (Lipinski definition) is 1. The normalized spacial score (nSPS) is 22.2. The van der Waals surface area contributed by atoms with Gasteiger partial charge in [0.05, 0.1) is 24.4 Å². The molecule has 5 rings (SSSR count). The number of likely N-dealkylation sites (tertiary alicyclic amines) is 1. The summed E-state index contributed by atoms with van der Waals surface area (Å²) in [6.45, 7) is 9.96. The first kappa shape index (κ1) is 20.3. The summed E-state index contributed by atoms with van der Waals surface area (Å²) >= 11 is 0. The summed E-state index contributed by atoms with van der Waals surface area (Å²) in [6.07, 6.45) is 6.18. The van der Waals surface area contributed by atoms with Crippen molar-refractivity contribution in [2.75, 3.05) is 13.1 Å². The van der Waals surface area contributed by atoms with Crippen LogP contribution >= 0.6 is 0 Å². The monoisotopic (exact) mass is 422 g/mol. The van der Waals surface area contributed by atoms with Crippen molar-refractivity contribution in [2.45, 2.75) is 65.1 Å². The van der Waals surface area contributed by atoms with Crippen LogP contribution in [0, 0.1) is 6.92 Å². The molecule has 0 bridgehead atoms. The minimum atomic E-state index is -0.340. The van der Waals surface area contributed by atoms with Gasteiger partial charge in [-0.3, -0.25) is 19.5 Å². The molecule has 31 heavy (non-hydrogen) atoms. The van der Waals surface area contributed by atoms with Crippen LogP contribution in [0.1, 0.15) is 47.9 Å². The van der Waals surface area contributed by atoms with Crippen molar-refractivity contribution in [3.8, 4) is 0 Å². The highest BCUT2D eigenvalue weighted by atomic mass is 16.3. The summed E-state index contributed by atoms with van der Waals surface area (Å²) in [4.78, 5) is 8.94. The Kier molecular flexibility index (Phi) is 5.56. The molecule has 2 atom stereocenters. The number of pyridine rings is 1. The van der Waals surface area contributed by atoms with Crippen LogP contribution in [0.2, 0.25) is 0 Å². The van der Waals surface area contributed by atoms with Crippen molar-refractivity contribution < 1.29 is 5.11 Å². The van der Waals surface area contributed by atoms with Gasteiger partial charge >= 0.3 is 0 Å². The maximum Gasteiger partial charge on any atom is 0.150 e. The maximum absolute atomic E-state index is 10.4. The van der Waals surface area contributed by atoms with Crippen molar-refractivity contribution in [1.29, 1.82) is 0 Å². The van der Waals surface area contributed by atoms with Gasteiger partial charge in [0.2, 0.25) is 0 Å². The van der Waals surface area contributed by atoms with Crippen molar-refractivity contribution in [3.63, 3.8) is 0 Å². The van der Waals surface area contributed by atoms with Crippen LogP contribution in [-0.2, 0) is 32.7 Å². The molecule has 0 unspecified atom stereocenters. The molecule has 164 valence electrons. The average molecular weight is 423 g/mol. The topological polar surface area (TPSA) is 88.1 Å². The van der Waals surface area contributed by atoms with E-state index in [1.54, 1.807) is 6.20 Å². The lowest BCUT2D eigenvalue weighted by Crippen LogP contribution is -2.35. The lowest BCUT2D eigenvalue weighted by atomic mass is 10.1. The molecule has 9 heteroatoms. The van der Waals surface area contributed by atoms with Crippen molar-refractivity contribution in [2.24, 2.45) is 0 Å². The van der Waals surface area contributed by atoms with Crippen molar-refractivity contribution >= 4 is 0 Å². The quantitative estimate of drug-likeness (QED) is 0.644. The number of aliphatic hydroxyl groups is 1. The van der Waals surface area contributed by atoms with Crippen LogP contribution in [0.25, 0.3) is 0 Å². The molecule has 2 aliphatic rings. The van der Waals surface area contributed by atoms with Gasteiger partial charge in [0, 0.05) is 63.4 Å². The summed E-state index contributed by atoms with van der Waals surface area (Å²) in [5, 5.41) is 24.1. The molecule has 0 aliphatic carbocycles. The van der Waals surface area contributed by atoms with E-state index in [4.69, 9.17) is 0 Å². The lowest BCUT2D eigenvalue weighted by Gasteiger charge is -2.29. The molecule has 1 fully saturated rings. The Hall–Kier alpha value is -2.62. The third kappa shape index (κ3) is 4.13. The highest BCUT2D eigenvalue weighted by Gasteiger charge is 2.36. The van der Waals surface area contributed by atoms with Crippen LogP contribution in [-0.4, -0.2) is 63.6 Å². The van der Waals surface area contributed by atoms with E-state index in [1.165, 1.54) is 5.56 Å². The first-order valence-electron chi connectivity index (χ1n) is 11.1. The molecule has 0 saturated carbocycles. The molecule has 9 nitrogen and oxygen atoms in total. The summed E-state index contributed by atoms with van der Waals surface area (Å²) < 4.78 is 4.26. The number of nitrogens with zero attached hydrogens (tertiary/aromatic N) is 8. The molecule has 3 aromatic rings. The van der Waals surface area contributed by atoms with E-state index in [1.807, 2.05) is 16.9 Å². The molecule has 3 aromatic heterocycles. The predicted molar refractivity (Wildman–Crippen MR) is 115 cm³/mol. The molecular weight excluding hydrogens is 392 g/mol. The van der Waals surface area contributed by atoms with E-state index < -0.39 is 0 Å². The van der Waals surface area contributed by atoms with E-state index in [-0.39, 0.29) is 12.1 Å². The second-order valence-corrected chi connectivity index (χ2v) is 8.63.